The molecule has 0 aliphatic heterocycles. The third-order valence-electron chi connectivity index (χ3n) is 5.26. The number of Topliss-reactive ketones (excluding diaryl/α,β-unsaturated/α-hetero) is 1. The number of carbonyl (C=O) groups is 1. The Labute approximate surface area is 186 Å². The Morgan fingerprint density at radius 1 is 1.00 bits per heavy atom. The Kier molecular flexibility index (Phi) is 5.77. The van der Waals surface area contributed by atoms with E-state index < -0.39 is 22.0 Å². The van der Waals surface area contributed by atoms with Crippen molar-refractivity contribution in [3.8, 4) is 5.75 Å². The first-order valence-corrected chi connectivity index (χ1v) is 11.3. The highest BCUT2D eigenvalue weighted by molar-refractivity contribution is 7.89. The predicted octanol–water partition coefficient (Wildman–Crippen LogP) is 3.45. The van der Waals surface area contributed by atoms with Crippen LogP contribution in [0.15, 0.2) is 77.7 Å². The fraction of sp³-hybridized carbons (Fsp3) is 0.174. The second-order valence-electron chi connectivity index (χ2n) is 7.32. The minimum atomic E-state index is -4.02. The van der Waals surface area contributed by atoms with Gasteiger partial charge in [-0.2, -0.15) is 4.31 Å². The molecule has 1 heterocycles. The number of fused-ring (bicyclic) bond motifs is 1. The molecule has 1 unspecified atom stereocenters. The number of hydrogen-bond acceptors (Lipinski definition) is 6. The van der Waals surface area contributed by atoms with Crippen LogP contribution in [-0.2, 0) is 10.0 Å². The van der Waals surface area contributed by atoms with Crippen LogP contribution in [-0.4, -0.2) is 47.7 Å². The molecular weight excluding hydrogens is 428 g/mol. The van der Waals surface area contributed by atoms with Gasteiger partial charge in [0.1, 0.15) is 11.3 Å². The van der Waals surface area contributed by atoms with Gasteiger partial charge >= 0.3 is 0 Å². The zero-order valence-corrected chi connectivity index (χ0v) is 18.7. The van der Waals surface area contributed by atoms with Crippen LogP contribution in [0, 0.1) is 6.92 Å². The van der Waals surface area contributed by atoms with Gasteiger partial charge in [0.15, 0.2) is 6.17 Å². The van der Waals surface area contributed by atoms with Gasteiger partial charge in [0.25, 0.3) is 0 Å². The standard InChI is InChI=1S/C23H22N4O4S/c1-16-8-14-19(15-9-16)32(29,30)26(2)23(22(28)17-10-12-18(31-3)13-11-17)27-21-7-5-4-6-20(21)24-25-27/h4-15,23H,1-3H3. The first-order chi connectivity index (χ1) is 15.3. The number of benzene rings is 3. The summed E-state index contributed by atoms with van der Waals surface area (Å²) in [7, 11) is -1.11. The van der Waals surface area contributed by atoms with E-state index in [4.69, 9.17) is 4.74 Å². The van der Waals surface area contributed by atoms with Crippen LogP contribution in [0.2, 0.25) is 0 Å². The number of aromatic nitrogens is 3. The molecule has 1 aromatic heterocycles. The SMILES string of the molecule is COc1ccc(C(=O)C(N(C)S(=O)(=O)c2ccc(C)cc2)n2nnc3ccccc32)cc1. The molecule has 0 aliphatic carbocycles. The number of methoxy groups -OCH3 is 1. The van der Waals surface area contributed by atoms with Crippen molar-refractivity contribution in [1.29, 1.82) is 0 Å². The summed E-state index contributed by atoms with van der Waals surface area (Å²) in [4.78, 5) is 13.7. The summed E-state index contributed by atoms with van der Waals surface area (Å²) in [5.74, 6) is 0.145. The quantitative estimate of drug-likeness (QED) is 0.400. The maximum atomic E-state index is 13.6. The third kappa shape index (κ3) is 3.88. The van der Waals surface area contributed by atoms with E-state index in [1.54, 1.807) is 60.7 Å². The van der Waals surface area contributed by atoms with Gasteiger partial charge in [-0.05, 0) is 55.5 Å². The number of likely N-dealkylation sites (N-methyl/N-ethyl adjacent to an activating group) is 1. The van der Waals surface area contributed by atoms with Gasteiger partial charge in [-0.1, -0.05) is 35.0 Å². The van der Waals surface area contributed by atoms with E-state index in [2.05, 4.69) is 10.3 Å². The first-order valence-electron chi connectivity index (χ1n) is 9.86. The summed E-state index contributed by atoms with van der Waals surface area (Å²) in [6.07, 6.45) is -1.28. The second-order valence-corrected chi connectivity index (χ2v) is 9.32. The Bertz CT molecular complexity index is 1360. The lowest BCUT2D eigenvalue weighted by Crippen LogP contribution is -2.40. The number of para-hydroxylation sites is 1. The van der Waals surface area contributed by atoms with Gasteiger partial charge in [0.2, 0.25) is 15.8 Å². The number of hydrogen-bond donors (Lipinski definition) is 0. The van der Waals surface area contributed by atoms with Crippen molar-refractivity contribution < 1.29 is 17.9 Å². The van der Waals surface area contributed by atoms with Crippen molar-refractivity contribution >= 4 is 26.8 Å². The largest absolute Gasteiger partial charge is 0.497 e. The van der Waals surface area contributed by atoms with Crippen molar-refractivity contribution in [1.82, 2.24) is 19.3 Å². The summed E-state index contributed by atoms with van der Waals surface area (Å²) in [5, 5.41) is 8.24. The van der Waals surface area contributed by atoms with E-state index in [-0.39, 0.29) is 4.90 Å². The Hall–Kier alpha value is -3.56. The van der Waals surface area contributed by atoms with Gasteiger partial charge in [-0.3, -0.25) is 4.79 Å². The predicted molar refractivity (Wildman–Crippen MR) is 120 cm³/mol. The summed E-state index contributed by atoms with van der Waals surface area (Å²) in [5.41, 5.74) is 2.35. The molecule has 0 bridgehead atoms. The van der Waals surface area contributed by atoms with E-state index in [1.807, 2.05) is 6.92 Å². The van der Waals surface area contributed by atoms with E-state index in [0.29, 0.717) is 22.3 Å². The number of ketones is 1. The van der Waals surface area contributed by atoms with Crippen LogP contribution >= 0.6 is 0 Å². The zero-order valence-electron chi connectivity index (χ0n) is 17.8. The molecule has 1 atom stereocenters. The Morgan fingerprint density at radius 3 is 2.31 bits per heavy atom. The fourth-order valence-corrected chi connectivity index (χ4v) is 4.67. The van der Waals surface area contributed by atoms with Crippen molar-refractivity contribution in [3.05, 3.63) is 83.9 Å². The maximum absolute atomic E-state index is 13.6. The van der Waals surface area contributed by atoms with E-state index >= 15 is 0 Å². The van der Waals surface area contributed by atoms with Crippen LogP contribution in [0.4, 0.5) is 0 Å². The fourth-order valence-electron chi connectivity index (χ4n) is 3.41. The molecule has 4 rings (SSSR count). The molecule has 4 aromatic rings. The second kappa shape index (κ2) is 8.52. The molecule has 9 heteroatoms. The van der Waals surface area contributed by atoms with Gasteiger partial charge in [0.05, 0.1) is 17.5 Å². The smallest absolute Gasteiger partial charge is 0.245 e. The lowest BCUT2D eigenvalue weighted by molar-refractivity contribution is 0.0835. The van der Waals surface area contributed by atoms with Gasteiger partial charge in [0, 0.05) is 12.6 Å². The number of aryl methyl sites for hydroxylation is 1. The maximum Gasteiger partial charge on any atom is 0.245 e. The average molecular weight is 451 g/mol. The number of nitrogens with zero attached hydrogens (tertiary/aromatic N) is 4. The lowest BCUT2D eigenvalue weighted by atomic mass is 10.1. The molecule has 3 aromatic carbocycles. The summed E-state index contributed by atoms with van der Waals surface area (Å²) in [6, 6.07) is 20.1. The molecular formula is C23H22N4O4S. The molecule has 0 saturated carbocycles. The normalized spacial score (nSPS) is 12.8. The zero-order chi connectivity index (χ0) is 22.9. The summed E-state index contributed by atoms with van der Waals surface area (Å²) in [6.45, 7) is 1.87. The van der Waals surface area contributed by atoms with Crippen molar-refractivity contribution in [2.24, 2.45) is 0 Å². The van der Waals surface area contributed by atoms with Crippen LogP contribution in [0.5, 0.6) is 5.75 Å². The van der Waals surface area contributed by atoms with Crippen molar-refractivity contribution in [3.63, 3.8) is 0 Å². The molecule has 0 N–H and O–H groups in total. The highest BCUT2D eigenvalue weighted by Crippen LogP contribution is 2.28. The molecule has 0 amide bonds. The first kappa shape index (κ1) is 21.7. The highest BCUT2D eigenvalue weighted by atomic mass is 32.2. The molecule has 0 radical (unpaired) electrons. The molecule has 164 valence electrons. The summed E-state index contributed by atoms with van der Waals surface area (Å²) >= 11 is 0. The van der Waals surface area contributed by atoms with Gasteiger partial charge < -0.3 is 4.74 Å². The van der Waals surface area contributed by atoms with Gasteiger partial charge in [-0.25, -0.2) is 13.1 Å². The van der Waals surface area contributed by atoms with Crippen molar-refractivity contribution in [2.45, 2.75) is 18.0 Å². The summed E-state index contributed by atoms with van der Waals surface area (Å²) < 4.78 is 34.4. The molecule has 0 aliphatic rings. The van der Waals surface area contributed by atoms with E-state index in [9.17, 15) is 13.2 Å². The molecule has 8 nitrogen and oxygen atoms in total. The van der Waals surface area contributed by atoms with E-state index in [1.165, 1.54) is 31.0 Å². The number of ether oxygens (including phenoxy) is 1. The van der Waals surface area contributed by atoms with Crippen LogP contribution < -0.4 is 4.74 Å². The minimum Gasteiger partial charge on any atom is -0.497 e. The Morgan fingerprint density at radius 2 is 1.66 bits per heavy atom. The van der Waals surface area contributed by atoms with E-state index in [0.717, 1.165) is 9.87 Å². The molecule has 0 saturated heterocycles. The molecule has 0 spiro atoms. The van der Waals surface area contributed by atoms with Crippen LogP contribution in [0.1, 0.15) is 22.1 Å². The Balaban J connectivity index is 1.85. The minimum absolute atomic E-state index is 0.0857. The number of sulfonamides is 1. The average Bonchev–Trinajstić information content (AvgIpc) is 3.23. The topological polar surface area (TPSA) is 94.4 Å². The third-order valence-corrected chi connectivity index (χ3v) is 7.09. The monoisotopic (exact) mass is 450 g/mol. The van der Waals surface area contributed by atoms with Crippen molar-refractivity contribution in [2.75, 3.05) is 14.2 Å². The number of rotatable bonds is 7. The van der Waals surface area contributed by atoms with Crippen LogP contribution in [0.3, 0.4) is 0 Å². The highest BCUT2D eigenvalue weighted by Gasteiger charge is 2.36. The lowest BCUT2D eigenvalue weighted by Gasteiger charge is -2.27. The molecule has 0 fully saturated rings. The molecule has 32 heavy (non-hydrogen) atoms. The van der Waals surface area contributed by atoms with Crippen LogP contribution in [0.25, 0.3) is 11.0 Å². The van der Waals surface area contributed by atoms with Gasteiger partial charge in [-0.15, -0.1) is 5.10 Å². The number of carbonyl (C=O) groups excluding carboxylic acids is 1.